The maximum absolute atomic E-state index is 13.8. The van der Waals surface area contributed by atoms with Crippen molar-refractivity contribution in [2.24, 2.45) is 11.8 Å². The molecule has 122 valence electrons. The summed E-state index contributed by atoms with van der Waals surface area (Å²) in [6, 6.07) is 3.04. The van der Waals surface area contributed by atoms with Crippen molar-refractivity contribution in [3.63, 3.8) is 0 Å². The molecule has 3 rings (SSSR count). The summed E-state index contributed by atoms with van der Waals surface area (Å²) in [7, 11) is 0. The smallest absolute Gasteiger partial charge is 0.272 e. The second-order valence-electron chi connectivity index (χ2n) is 6.05. The van der Waals surface area contributed by atoms with E-state index in [9.17, 15) is 24.1 Å². The van der Waals surface area contributed by atoms with Crippen LogP contribution in [0.5, 0.6) is 0 Å². The molecule has 1 aliphatic carbocycles. The van der Waals surface area contributed by atoms with Crippen LogP contribution >= 0.6 is 0 Å². The number of anilines is 1. The summed E-state index contributed by atoms with van der Waals surface area (Å²) in [5.74, 6) is -1.33. The van der Waals surface area contributed by atoms with Crippen molar-refractivity contribution in [1.29, 1.82) is 0 Å². The van der Waals surface area contributed by atoms with E-state index in [2.05, 4.69) is 5.32 Å². The zero-order valence-electron chi connectivity index (χ0n) is 12.3. The van der Waals surface area contributed by atoms with Crippen molar-refractivity contribution in [1.82, 2.24) is 4.90 Å². The first-order valence-electron chi connectivity index (χ1n) is 7.46. The average molecular weight is 321 g/mol. The molecule has 1 aromatic rings. The number of nitro benzene ring substituents is 1. The largest absolute Gasteiger partial charge is 0.342 e. The zero-order chi connectivity index (χ0) is 16.6. The number of rotatable bonds is 5. The van der Waals surface area contributed by atoms with E-state index in [0.717, 1.165) is 31.0 Å². The standard InChI is InChI=1S/C15H16FN3O4/c16-12-6-11(19(22)23)3-4-13(12)17-15(21)10-5-14(20)18(8-10)7-9-1-2-9/h3-4,6,9-10H,1-2,5,7-8H2,(H,17,21)/t10-/m0/s1. The van der Waals surface area contributed by atoms with Crippen molar-refractivity contribution < 1.29 is 18.9 Å². The second-order valence-corrected chi connectivity index (χ2v) is 6.05. The minimum Gasteiger partial charge on any atom is -0.342 e. The molecule has 2 aliphatic rings. The Kier molecular flexibility index (Phi) is 3.97. The highest BCUT2D eigenvalue weighted by molar-refractivity contribution is 5.97. The van der Waals surface area contributed by atoms with Crippen molar-refractivity contribution >= 4 is 23.2 Å². The molecule has 8 heteroatoms. The number of hydrogen-bond donors (Lipinski definition) is 1. The number of nitro groups is 1. The third-order valence-electron chi connectivity index (χ3n) is 4.18. The number of non-ortho nitro benzene ring substituents is 1. The third kappa shape index (κ3) is 3.46. The van der Waals surface area contributed by atoms with E-state index < -0.39 is 22.6 Å². The number of hydrogen-bond acceptors (Lipinski definition) is 4. The van der Waals surface area contributed by atoms with Gasteiger partial charge in [0.15, 0.2) is 5.82 Å². The van der Waals surface area contributed by atoms with Gasteiger partial charge in [-0.3, -0.25) is 19.7 Å². The minimum absolute atomic E-state index is 0.0544. The van der Waals surface area contributed by atoms with Crippen LogP contribution < -0.4 is 5.32 Å². The number of benzene rings is 1. The average Bonchev–Trinajstić information content (AvgIpc) is 3.23. The lowest BCUT2D eigenvalue weighted by Crippen LogP contribution is -2.30. The minimum atomic E-state index is -0.869. The monoisotopic (exact) mass is 321 g/mol. The molecule has 1 saturated heterocycles. The van der Waals surface area contributed by atoms with Crippen LogP contribution in [0.3, 0.4) is 0 Å². The number of nitrogens with one attached hydrogen (secondary N) is 1. The first-order chi connectivity index (χ1) is 10.9. The summed E-state index contributed by atoms with van der Waals surface area (Å²) in [6.07, 6.45) is 2.36. The van der Waals surface area contributed by atoms with Gasteiger partial charge >= 0.3 is 0 Å². The second kappa shape index (κ2) is 5.94. The highest BCUT2D eigenvalue weighted by atomic mass is 19.1. The molecule has 0 bridgehead atoms. The molecule has 2 fully saturated rings. The lowest BCUT2D eigenvalue weighted by Gasteiger charge is -2.16. The summed E-state index contributed by atoms with van der Waals surface area (Å²) in [5.41, 5.74) is -0.499. The Balaban J connectivity index is 1.63. The van der Waals surface area contributed by atoms with Crippen LogP contribution in [0, 0.1) is 27.8 Å². The fraction of sp³-hybridized carbons (Fsp3) is 0.467. The molecule has 0 radical (unpaired) electrons. The van der Waals surface area contributed by atoms with E-state index in [-0.39, 0.29) is 23.7 Å². The third-order valence-corrected chi connectivity index (χ3v) is 4.18. The van der Waals surface area contributed by atoms with Crippen molar-refractivity contribution in [2.45, 2.75) is 19.3 Å². The van der Waals surface area contributed by atoms with Gasteiger partial charge in [0.2, 0.25) is 11.8 Å². The lowest BCUT2D eigenvalue weighted by atomic mass is 10.1. The van der Waals surface area contributed by atoms with Gasteiger partial charge in [0.25, 0.3) is 5.69 Å². The summed E-state index contributed by atoms with van der Waals surface area (Å²) >= 11 is 0. The number of carbonyl (C=O) groups excluding carboxylic acids is 2. The molecule has 23 heavy (non-hydrogen) atoms. The highest BCUT2D eigenvalue weighted by Gasteiger charge is 2.37. The Bertz CT molecular complexity index is 675. The molecule has 1 saturated carbocycles. The van der Waals surface area contributed by atoms with Gasteiger partial charge in [0.1, 0.15) is 0 Å². The van der Waals surface area contributed by atoms with Gasteiger partial charge in [-0.05, 0) is 24.8 Å². The maximum Gasteiger partial charge on any atom is 0.272 e. The quantitative estimate of drug-likeness (QED) is 0.662. The number of carbonyl (C=O) groups is 2. The van der Waals surface area contributed by atoms with Gasteiger partial charge < -0.3 is 10.2 Å². The normalized spacial score (nSPS) is 20.7. The maximum atomic E-state index is 13.8. The molecular formula is C15H16FN3O4. The Morgan fingerprint density at radius 1 is 1.43 bits per heavy atom. The summed E-state index contributed by atoms with van der Waals surface area (Å²) in [5, 5.41) is 13.0. The molecule has 1 N–H and O–H groups in total. The van der Waals surface area contributed by atoms with Crippen molar-refractivity contribution in [3.05, 3.63) is 34.1 Å². The molecular weight excluding hydrogens is 305 g/mol. The predicted molar refractivity (Wildman–Crippen MR) is 79.1 cm³/mol. The van der Waals surface area contributed by atoms with Crippen LogP contribution in [0.1, 0.15) is 19.3 Å². The van der Waals surface area contributed by atoms with Gasteiger partial charge in [0, 0.05) is 25.6 Å². The Hall–Kier alpha value is -2.51. The molecule has 1 heterocycles. The topological polar surface area (TPSA) is 92.5 Å². The zero-order valence-corrected chi connectivity index (χ0v) is 12.3. The van der Waals surface area contributed by atoms with Crippen LogP contribution in [0.25, 0.3) is 0 Å². The molecule has 7 nitrogen and oxygen atoms in total. The summed E-state index contributed by atoms with van der Waals surface area (Å²) in [4.78, 5) is 35.6. The summed E-state index contributed by atoms with van der Waals surface area (Å²) < 4.78 is 13.8. The van der Waals surface area contributed by atoms with Crippen molar-refractivity contribution in [3.8, 4) is 0 Å². The van der Waals surface area contributed by atoms with Crippen LogP contribution in [0.15, 0.2) is 18.2 Å². The number of amides is 2. The van der Waals surface area contributed by atoms with Crippen LogP contribution in [-0.2, 0) is 9.59 Å². The van der Waals surface area contributed by atoms with Gasteiger partial charge in [-0.2, -0.15) is 0 Å². The van der Waals surface area contributed by atoms with Crippen LogP contribution in [0.2, 0.25) is 0 Å². The molecule has 0 unspecified atom stereocenters. The van der Waals surface area contributed by atoms with Crippen LogP contribution in [-0.4, -0.2) is 34.7 Å². The van der Waals surface area contributed by atoms with E-state index in [4.69, 9.17) is 0 Å². The van der Waals surface area contributed by atoms with E-state index in [0.29, 0.717) is 19.0 Å². The lowest BCUT2D eigenvalue weighted by molar-refractivity contribution is -0.385. The predicted octanol–water partition coefficient (Wildman–Crippen LogP) is 1.93. The number of likely N-dealkylation sites (tertiary alicyclic amines) is 1. The van der Waals surface area contributed by atoms with Gasteiger partial charge in [-0.25, -0.2) is 4.39 Å². The van der Waals surface area contributed by atoms with E-state index in [1.807, 2.05) is 0 Å². The molecule has 1 atom stereocenters. The van der Waals surface area contributed by atoms with Gasteiger partial charge in [-0.15, -0.1) is 0 Å². The molecule has 1 aromatic carbocycles. The van der Waals surface area contributed by atoms with E-state index in [1.54, 1.807) is 4.90 Å². The first kappa shape index (κ1) is 15.4. The molecule has 2 amide bonds. The van der Waals surface area contributed by atoms with E-state index in [1.165, 1.54) is 0 Å². The van der Waals surface area contributed by atoms with Crippen LogP contribution in [0.4, 0.5) is 15.8 Å². The molecule has 0 spiro atoms. The fourth-order valence-corrected chi connectivity index (χ4v) is 2.69. The van der Waals surface area contributed by atoms with Gasteiger partial charge in [-0.1, -0.05) is 0 Å². The SMILES string of the molecule is O=C(Nc1ccc([N+](=O)[O-])cc1F)[C@H]1CC(=O)N(CC2CC2)C1. The Labute approximate surface area is 131 Å². The first-order valence-corrected chi connectivity index (χ1v) is 7.46. The number of nitrogens with zero attached hydrogens (tertiary/aromatic N) is 2. The Morgan fingerprint density at radius 3 is 2.78 bits per heavy atom. The fourth-order valence-electron chi connectivity index (χ4n) is 2.69. The molecule has 0 aromatic heterocycles. The van der Waals surface area contributed by atoms with Crippen molar-refractivity contribution in [2.75, 3.05) is 18.4 Å². The molecule has 1 aliphatic heterocycles. The highest BCUT2D eigenvalue weighted by Crippen LogP contribution is 2.32. The Morgan fingerprint density at radius 2 is 2.17 bits per heavy atom. The van der Waals surface area contributed by atoms with E-state index >= 15 is 0 Å². The number of halogens is 1. The van der Waals surface area contributed by atoms with Gasteiger partial charge in [0.05, 0.1) is 22.6 Å². The summed E-state index contributed by atoms with van der Waals surface area (Å²) in [6.45, 7) is 1.03.